The quantitative estimate of drug-likeness (QED) is 0.840. The molecule has 1 aliphatic rings. The monoisotopic (exact) mass is 360 g/mol. The zero-order valence-corrected chi connectivity index (χ0v) is 15.8. The van der Waals surface area contributed by atoms with Gasteiger partial charge in [-0.05, 0) is 39.3 Å². The Morgan fingerprint density at radius 1 is 0.920 bits per heavy atom. The molecule has 0 N–H and O–H groups in total. The smallest absolute Gasteiger partial charge is 0.243 e. The number of hydrogen-bond acceptors (Lipinski definition) is 5. The largest absolute Gasteiger partial charge is 0.355 e. The summed E-state index contributed by atoms with van der Waals surface area (Å²) in [5, 5.41) is 0. The molecule has 1 aromatic carbocycles. The fourth-order valence-electron chi connectivity index (χ4n) is 3.15. The van der Waals surface area contributed by atoms with Crippen LogP contribution in [-0.2, 0) is 10.0 Å². The normalized spacial score (nSPS) is 16.7. The maximum Gasteiger partial charge on any atom is 0.243 e. The Balaban J connectivity index is 1.82. The predicted octanol–water partition coefficient (Wildman–Crippen LogP) is 2.30. The van der Waals surface area contributed by atoms with E-state index in [9.17, 15) is 8.42 Å². The first-order chi connectivity index (χ1) is 11.9. The van der Waals surface area contributed by atoms with Crippen molar-refractivity contribution in [3.8, 4) is 0 Å². The van der Waals surface area contributed by atoms with Crippen LogP contribution >= 0.6 is 0 Å². The van der Waals surface area contributed by atoms with Crippen LogP contribution in [0.1, 0.15) is 23.5 Å². The third-order valence-electron chi connectivity index (χ3n) is 4.61. The summed E-state index contributed by atoms with van der Waals surface area (Å²) in [5.74, 6) is 1.67. The van der Waals surface area contributed by atoms with Crippen molar-refractivity contribution >= 4 is 15.8 Å². The molecule has 0 saturated carbocycles. The minimum Gasteiger partial charge on any atom is -0.355 e. The summed E-state index contributed by atoms with van der Waals surface area (Å²) >= 11 is 0. The highest BCUT2D eigenvalue weighted by atomic mass is 32.2. The van der Waals surface area contributed by atoms with Crippen LogP contribution in [-0.4, -0.2) is 48.9 Å². The minimum absolute atomic E-state index is 0.355. The fraction of sp³-hybridized carbons (Fsp3) is 0.444. The molecule has 7 heteroatoms. The summed E-state index contributed by atoms with van der Waals surface area (Å²) in [6.07, 6.45) is 0.771. The van der Waals surface area contributed by atoms with Gasteiger partial charge in [-0.2, -0.15) is 4.31 Å². The number of anilines is 1. The van der Waals surface area contributed by atoms with Gasteiger partial charge in [0.05, 0.1) is 4.90 Å². The van der Waals surface area contributed by atoms with Crippen LogP contribution in [0.2, 0.25) is 0 Å². The van der Waals surface area contributed by atoms with Gasteiger partial charge in [0, 0.05) is 37.4 Å². The summed E-state index contributed by atoms with van der Waals surface area (Å²) in [6, 6.07) is 8.64. The number of rotatable bonds is 3. The lowest BCUT2D eigenvalue weighted by atomic mass is 10.2. The van der Waals surface area contributed by atoms with E-state index in [2.05, 4.69) is 14.9 Å². The summed E-state index contributed by atoms with van der Waals surface area (Å²) in [7, 11) is -3.44. The molecule has 0 unspecified atom stereocenters. The number of aromatic nitrogens is 2. The first-order valence-electron chi connectivity index (χ1n) is 8.51. The van der Waals surface area contributed by atoms with E-state index < -0.39 is 10.0 Å². The highest BCUT2D eigenvalue weighted by Crippen LogP contribution is 2.23. The summed E-state index contributed by atoms with van der Waals surface area (Å²) in [5.41, 5.74) is 2.03. The summed E-state index contributed by atoms with van der Waals surface area (Å²) in [6.45, 7) is 8.29. The Hall–Kier alpha value is -1.99. The van der Waals surface area contributed by atoms with Crippen molar-refractivity contribution in [3.63, 3.8) is 0 Å². The van der Waals surface area contributed by atoms with Gasteiger partial charge in [-0.3, -0.25) is 0 Å². The number of nitrogens with zero attached hydrogens (tertiary/aromatic N) is 4. The molecular weight excluding hydrogens is 336 g/mol. The first-order valence-corrected chi connectivity index (χ1v) is 9.95. The summed E-state index contributed by atoms with van der Waals surface area (Å²) < 4.78 is 27.3. The van der Waals surface area contributed by atoms with Crippen molar-refractivity contribution in [2.24, 2.45) is 0 Å². The lowest BCUT2D eigenvalue weighted by molar-refractivity contribution is 0.433. The summed E-state index contributed by atoms with van der Waals surface area (Å²) in [4.78, 5) is 11.5. The lowest BCUT2D eigenvalue weighted by Gasteiger charge is -2.24. The molecule has 1 fully saturated rings. The SMILES string of the molecule is Cc1nc(C)c(C)c(N2CCCN(S(=O)(=O)c3ccccc3)CC2)n1. The van der Waals surface area contributed by atoms with E-state index in [0.29, 0.717) is 24.5 Å². The Morgan fingerprint density at radius 3 is 2.36 bits per heavy atom. The molecule has 134 valence electrons. The fourth-order valence-corrected chi connectivity index (χ4v) is 4.64. The van der Waals surface area contributed by atoms with Crippen LogP contribution in [0.3, 0.4) is 0 Å². The Kier molecular flexibility index (Phi) is 5.06. The van der Waals surface area contributed by atoms with Gasteiger partial charge >= 0.3 is 0 Å². The van der Waals surface area contributed by atoms with Crippen molar-refractivity contribution in [1.82, 2.24) is 14.3 Å². The van der Waals surface area contributed by atoms with Crippen molar-refractivity contribution in [2.75, 3.05) is 31.1 Å². The van der Waals surface area contributed by atoms with E-state index in [-0.39, 0.29) is 0 Å². The topological polar surface area (TPSA) is 66.4 Å². The van der Waals surface area contributed by atoms with Crippen molar-refractivity contribution in [2.45, 2.75) is 32.1 Å². The Morgan fingerprint density at radius 2 is 1.64 bits per heavy atom. The van der Waals surface area contributed by atoms with E-state index in [0.717, 1.165) is 35.9 Å². The molecule has 2 aromatic rings. The van der Waals surface area contributed by atoms with Crippen LogP contribution in [0.15, 0.2) is 35.2 Å². The second-order valence-corrected chi connectivity index (χ2v) is 8.30. The maximum absolute atomic E-state index is 12.8. The van der Waals surface area contributed by atoms with E-state index in [1.54, 1.807) is 28.6 Å². The van der Waals surface area contributed by atoms with Crippen LogP contribution in [0, 0.1) is 20.8 Å². The molecule has 0 aliphatic carbocycles. The van der Waals surface area contributed by atoms with Gasteiger partial charge in [-0.15, -0.1) is 0 Å². The zero-order valence-electron chi connectivity index (χ0n) is 14.9. The Bertz CT molecular complexity index is 853. The molecule has 1 aliphatic heterocycles. The van der Waals surface area contributed by atoms with Crippen LogP contribution in [0.5, 0.6) is 0 Å². The molecule has 0 bridgehead atoms. The van der Waals surface area contributed by atoms with E-state index in [1.165, 1.54) is 0 Å². The molecule has 0 atom stereocenters. The number of hydrogen-bond donors (Lipinski definition) is 0. The Labute approximate surface area is 149 Å². The third-order valence-corrected chi connectivity index (χ3v) is 6.52. The zero-order chi connectivity index (χ0) is 18.0. The highest BCUT2D eigenvalue weighted by Gasteiger charge is 2.27. The number of benzene rings is 1. The van der Waals surface area contributed by atoms with Gasteiger partial charge in [-0.25, -0.2) is 18.4 Å². The molecule has 3 rings (SSSR count). The van der Waals surface area contributed by atoms with Crippen molar-refractivity contribution in [3.05, 3.63) is 47.4 Å². The van der Waals surface area contributed by atoms with Gasteiger partial charge in [0.1, 0.15) is 11.6 Å². The molecular formula is C18H24N4O2S. The average molecular weight is 360 g/mol. The van der Waals surface area contributed by atoms with Gasteiger partial charge in [0.2, 0.25) is 10.0 Å². The van der Waals surface area contributed by atoms with Gasteiger partial charge < -0.3 is 4.90 Å². The molecule has 25 heavy (non-hydrogen) atoms. The minimum atomic E-state index is -3.44. The highest BCUT2D eigenvalue weighted by molar-refractivity contribution is 7.89. The van der Waals surface area contributed by atoms with Crippen molar-refractivity contribution in [1.29, 1.82) is 0 Å². The standard InChI is InChI=1S/C18H24N4O2S/c1-14-15(2)19-16(3)20-18(14)21-10-7-11-22(13-12-21)25(23,24)17-8-5-4-6-9-17/h4-6,8-9H,7,10-13H2,1-3H3. The second-order valence-electron chi connectivity index (χ2n) is 6.36. The first kappa shape index (κ1) is 17.8. The lowest BCUT2D eigenvalue weighted by Crippen LogP contribution is -2.35. The van der Waals surface area contributed by atoms with Crippen LogP contribution in [0.25, 0.3) is 0 Å². The van der Waals surface area contributed by atoms with Gasteiger partial charge in [-0.1, -0.05) is 18.2 Å². The molecule has 1 aromatic heterocycles. The van der Waals surface area contributed by atoms with Crippen LogP contribution < -0.4 is 4.90 Å². The van der Waals surface area contributed by atoms with E-state index >= 15 is 0 Å². The van der Waals surface area contributed by atoms with E-state index in [1.807, 2.05) is 26.8 Å². The van der Waals surface area contributed by atoms with E-state index in [4.69, 9.17) is 0 Å². The maximum atomic E-state index is 12.8. The molecule has 0 amide bonds. The van der Waals surface area contributed by atoms with Crippen LogP contribution in [0.4, 0.5) is 5.82 Å². The average Bonchev–Trinajstić information content (AvgIpc) is 2.85. The molecule has 6 nitrogen and oxygen atoms in total. The number of aryl methyl sites for hydroxylation is 2. The third kappa shape index (κ3) is 3.67. The van der Waals surface area contributed by atoms with Gasteiger partial charge in [0.15, 0.2) is 0 Å². The van der Waals surface area contributed by atoms with Gasteiger partial charge in [0.25, 0.3) is 0 Å². The number of sulfonamides is 1. The molecule has 0 radical (unpaired) electrons. The van der Waals surface area contributed by atoms with Crippen molar-refractivity contribution < 1.29 is 8.42 Å². The predicted molar refractivity (Wildman–Crippen MR) is 98.3 cm³/mol. The molecule has 0 spiro atoms. The molecule has 1 saturated heterocycles. The second kappa shape index (κ2) is 7.09. The molecule has 2 heterocycles.